The topological polar surface area (TPSA) is 82.0 Å². The predicted molar refractivity (Wildman–Crippen MR) is 123 cm³/mol. The molecule has 1 aliphatic rings. The molecule has 1 atom stereocenters. The van der Waals surface area contributed by atoms with E-state index in [1.165, 1.54) is 28.8 Å². The molecule has 1 aliphatic heterocycles. The molecule has 30 heavy (non-hydrogen) atoms. The second-order valence-electron chi connectivity index (χ2n) is 6.91. The van der Waals surface area contributed by atoms with Crippen molar-refractivity contribution < 1.29 is 14.7 Å². The molecule has 3 rings (SSSR count). The van der Waals surface area contributed by atoms with Gasteiger partial charge >= 0.3 is 0 Å². The summed E-state index contributed by atoms with van der Waals surface area (Å²) >= 11 is 13.2. The lowest BCUT2D eigenvalue weighted by molar-refractivity contribution is -0.129. The Labute approximate surface area is 189 Å². The van der Waals surface area contributed by atoms with Gasteiger partial charge < -0.3 is 10.4 Å². The van der Waals surface area contributed by atoms with Gasteiger partial charge in [0.2, 0.25) is 11.8 Å². The number of amides is 2. The molecule has 2 N–H and O–H groups in total. The number of rotatable bonds is 4. The zero-order valence-electron chi connectivity index (χ0n) is 16.7. The van der Waals surface area contributed by atoms with Gasteiger partial charge in [-0.2, -0.15) is 0 Å². The molecule has 158 valence electrons. The van der Waals surface area contributed by atoms with Crippen molar-refractivity contribution in [2.75, 3.05) is 11.9 Å². The van der Waals surface area contributed by atoms with Gasteiger partial charge in [0.1, 0.15) is 5.25 Å². The number of benzene rings is 2. The molecule has 0 unspecified atom stereocenters. The van der Waals surface area contributed by atoms with E-state index in [1.54, 1.807) is 0 Å². The number of carbonyl (C=O) groups is 2. The number of thioether (sulfide) groups is 1. The molecule has 1 fully saturated rings. The Morgan fingerprint density at radius 2 is 1.93 bits per heavy atom. The molecule has 2 aromatic carbocycles. The van der Waals surface area contributed by atoms with Crippen LogP contribution < -0.4 is 5.32 Å². The molecule has 0 spiro atoms. The maximum absolute atomic E-state index is 12.9. The van der Waals surface area contributed by atoms with Gasteiger partial charge in [0.15, 0.2) is 10.9 Å². The molecule has 1 heterocycles. The van der Waals surface area contributed by atoms with E-state index in [0.29, 0.717) is 23.1 Å². The minimum Gasteiger partial charge on any atom is -0.505 e. The van der Waals surface area contributed by atoms with E-state index in [0.717, 1.165) is 11.1 Å². The number of phenolic OH excluding ortho intramolecular Hbond substituents is 1. The van der Waals surface area contributed by atoms with Gasteiger partial charge in [0.05, 0.1) is 15.7 Å². The van der Waals surface area contributed by atoms with Gasteiger partial charge in [0, 0.05) is 18.7 Å². The van der Waals surface area contributed by atoms with Crippen LogP contribution in [0.25, 0.3) is 0 Å². The molecule has 0 aliphatic carbocycles. The number of aliphatic imine (C=N–C) groups is 1. The van der Waals surface area contributed by atoms with E-state index >= 15 is 0 Å². The van der Waals surface area contributed by atoms with Crippen molar-refractivity contribution in [2.24, 2.45) is 4.99 Å². The largest absolute Gasteiger partial charge is 0.505 e. The molecular formula is C21H21Cl2N3O3S. The fourth-order valence-corrected chi connectivity index (χ4v) is 4.68. The Morgan fingerprint density at radius 3 is 2.53 bits per heavy atom. The Bertz CT molecular complexity index is 1020. The highest BCUT2D eigenvalue weighted by Gasteiger charge is 2.35. The lowest BCUT2D eigenvalue weighted by Gasteiger charge is -2.31. The molecule has 1 saturated heterocycles. The number of phenols is 1. The van der Waals surface area contributed by atoms with Crippen molar-refractivity contribution >= 4 is 63.3 Å². The Morgan fingerprint density at radius 1 is 1.27 bits per heavy atom. The number of nitrogens with one attached hydrogen (secondary N) is 1. The van der Waals surface area contributed by atoms with Crippen molar-refractivity contribution in [1.82, 2.24) is 4.90 Å². The van der Waals surface area contributed by atoms with E-state index < -0.39 is 5.25 Å². The van der Waals surface area contributed by atoms with Gasteiger partial charge in [-0.3, -0.25) is 14.5 Å². The third kappa shape index (κ3) is 4.91. The van der Waals surface area contributed by atoms with Crippen LogP contribution in [0.4, 0.5) is 11.4 Å². The molecule has 0 aromatic heterocycles. The maximum atomic E-state index is 12.9. The second kappa shape index (κ2) is 9.29. The number of anilines is 1. The summed E-state index contributed by atoms with van der Waals surface area (Å²) in [4.78, 5) is 31.5. The Balaban J connectivity index is 1.87. The van der Waals surface area contributed by atoms with E-state index in [4.69, 9.17) is 23.2 Å². The molecule has 2 amide bonds. The highest BCUT2D eigenvalue weighted by Crippen LogP contribution is 2.37. The van der Waals surface area contributed by atoms with Crippen molar-refractivity contribution in [3.8, 4) is 5.75 Å². The first-order chi connectivity index (χ1) is 14.2. The summed E-state index contributed by atoms with van der Waals surface area (Å²) in [7, 11) is 0. The van der Waals surface area contributed by atoms with Crippen LogP contribution in [-0.4, -0.2) is 38.8 Å². The van der Waals surface area contributed by atoms with E-state index in [1.807, 2.05) is 39.0 Å². The van der Waals surface area contributed by atoms with E-state index in [-0.39, 0.29) is 34.0 Å². The zero-order valence-corrected chi connectivity index (χ0v) is 19.0. The summed E-state index contributed by atoms with van der Waals surface area (Å²) in [6, 6.07) is 8.66. The maximum Gasteiger partial charge on any atom is 0.238 e. The lowest BCUT2D eigenvalue weighted by Crippen LogP contribution is -2.45. The van der Waals surface area contributed by atoms with Crippen LogP contribution in [0.15, 0.2) is 35.3 Å². The summed E-state index contributed by atoms with van der Waals surface area (Å²) < 4.78 is 0. The van der Waals surface area contributed by atoms with Crippen LogP contribution in [0.2, 0.25) is 10.0 Å². The van der Waals surface area contributed by atoms with Crippen LogP contribution in [0.1, 0.15) is 24.5 Å². The molecule has 0 saturated carbocycles. The first-order valence-corrected chi connectivity index (χ1v) is 10.9. The minimum absolute atomic E-state index is 0.0566. The van der Waals surface area contributed by atoms with Crippen LogP contribution in [0.3, 0.4) is 0 Å². The average Bonchev–Trinajstić information content (AvgIpc) is 2.68. The third-order valence-corrected chi connectivity index (χ3v) is 6.38. The Kier molecular flexibility index (Phi) is 6.95. The normalized spacial score (nSPS) is 18.0. The zero-order chi connectivity index (χ0) is 22.0. The summed E-state index contributed by atoms with van der Waals surface area (Å²) in [5.41, 5.74) is 3.15. The van der Waals surface area contributed by atoms with Gasteiger partial charge in [-0.25, -0.2) is 4.99 Å². The van der Waals surface area contributed by atoms with Crippen LogP contribution in [0.5, 0.6) is 5.75 Å². The summed E-state index contributed by atoms with van der Waals surface area (Å²) in [6.07, 6.45) is 0.0748. The number of halogens is 2. The van der Waals surface area contributed by atoms with Gasteiger partial charge in [-0.15, -0.1) is 0 Å². The second-order valence-corrected chi connectivity index (χ2v) is 8.89. The highest BCUT2D eigenvalue weighted by molar-refractivity contribution is 8.15. The number of carbonyl (C=O) groups excluding carboxylic acids is 2. The fraction of sp³-hybridized carbons (Fsp3) is 0.286. The molecule has 6 nitrogen and oxygen atoms in total. The number of nitrogens with zero attached hydrogens (tertiary/aromatic N) is 2. The number of amidine groups is 1. The quantitative estimate of drug-likeness (QED) is 0.641. The Hall–Kier alpha value is -2.22. The highest BCUT2D eigenvalue weighted by atomic mass is 35.5. The molecule has 9 heteroatoms. The number of hydrogen-bond donors (Lipinski definition) is 2. The number of aromatic hydroxyl groups is 1. The number of hydrogen-bond acceptors (Lipinski definition) is 5. The van der Waals surface area contributed by atoms with Crippen molar-refractivity contribution in [3.63, 3.8) is 0 Å². The monoisotopic (exact) mass is 465 g/mol. The van der Waals surface area contributed by atoms with E-state index in [2.05, 4.69) is 10.3 Å². The van der Waals surface area contributed by atoms with Crippen LogP contribution >= 0.6 is 35.0 Å². The predicted octanol–water partition coefficient (Wildman–Crippen LogP) is 5.30. The van der Waals surface area contributed by atoms with Crippen molar-refractivity contribution in [2.45, 2.75) is 32.4 Å². The first kappa shape index (κ1) is 22.5. The van der Waals surface area contributed by atoms with Crippen molar-refractivity contribution in [3.05, 3.63) is 51.5 Å². The van der Waals surface area contributed by atoms with E-state index in [9.17, 15) is 14.7 Å². The van der Waals surface area contributed by atoms with Gasteiger partial charge in [0.25, 0.3) is 0 Å². The lowest BCUT2D eigenvalue weighted by atomic mass is 10.1. The third-order valence-electron chi connectivity index (χ3n) is 4.61. The molecule has 0 radical (unpaired) electrons. The van der Waals surface area contributed by atoms with Crippen LogP contribution in [0, 0.1) is 13.8 Å². The SMILES string of the molecule is CCN1C(=O)C[C@H](C(=O)Nc2ccc(C)cc2C)SC1=Nc1cc(Cl)c(O)c(Cl)c1. The van der Waals surface area contributed by atoms with Gasteiger partial charge in [-0.05, 0) is 44.5 Å². The molecule has 0 bridgehead atoms. The van der Waals surface area contributed by atoms with Gasteiger partial charge in [-0.1, -0.05) is 52.7 Å². The number of aryl methyl sites for hydroxylation is 2. The summed E-state index contributed by atoms with van der Waals surface area (Å²) in [5, 5.41) is 12.5. The smallest absolute Gasteiger partial charge is 0.238 e. The summed E-state index contributed by atoms with van der Waals surface area (Å²) in [6.45, 7) is 6.15. The van der Waals surface area contributed by atoms with Crippen LogP contribution in [-0.2, 0) is 9.59 Å². The minimum atomic E-state index is -0.622. The molecular weight excluding hydrogens is 445 g/mol. The average molecular weight is 466 g/mol. The summed E-state index contributed by atoms with van der Waals surface area (Å²) in [5.74, 6) is -0.676. The van der Waals surface area contributed by atoms with Crippen molar-refractivity contribution in [1.29, 1.82) is 0 Å². The standard InChI is InChI=1S/C21H21Cl2N3O3S/c1-4-26-18(27)10-17(20(29)25-16-6-5-11(2)7-12(16)3)30-21(26)24-13-8-14(22)19(28)15(23)9-13/h5-9,17,28H,4,10H2,1-3H3,(H,25,29)/t17-/m1/s1. The fourth-order valence-electron chi connectivity index (χ4n) is 3.05. The first-order valence-electron chi connectivity index (χ1n) is 9.31. The molecule has 2 aromatic rings.